The van der Waals surface area contributed by atoms with E-state index < -0.39 is 0 Å². The molecule has 1 aliphatic heterocycles. The van der Waals surface area contributed by atoms with Gasteiger partial charge in [0.2, 0.25) is 0 Å². The molecule has 1 atom stereocenters. The number of hydrogen-bond acceptors (Lipinski definition) is 5. The minimum absolute atomic E-state index is 0.421. The number of hydrogen-bond donors (Lipinski definition) is 1. The van der Waals surface area contributed by atoms with Crippen LogP contribution in [0.5, 0.6) is 5.75 Å². The number of nitriles is 1. The standard InChI is InChI=1S/C17H21N5O/c18-8-1-2-9-23-16-5-3-4-14(10-16)11-19-15-6-7-17-20-13-21-22(17)12-15/h3-5,10,13,15,19H,1-2,6-7,9,11-12H2. The maximum Gasteiger partial charge on any atom is 0.138 e. The molecule has 2 aromatic rings. The number of fused-ring (bicyclic) bond motifs is 1. The van der Waals surface area contributed by atoms with Gasteiger partial charge in [-0.2, -0.15) is 10.4 Å². The van der Waals surface area contributed by atoms with E-state index in [0.717, 1.165) is 43.9 Å². The summed E-state index contributed by atoms with van der Waals surface area (Å²) in [6, 6.07) is 10.7. The van der Waals surface area contributed by atoms with E-state index in [4.69, 9.17) is 10.00 Å². The lowest BCUT2D eigenvalue weighted by molar-refractivity contribution is 0.312. The van der Waals surface area contributed by atoms with E-state index in [1.54, 1.807) is 6.33 Å². The molecule has 1 aromatic carbocycles. The predicted molar refractivity (Wildman–Crippen MR) is 85.8 cm³/mol. The van der Waals surface area contributed by atoms with Crippen LogP contribution in [0.25, 0.3) is 0 Å². The third-order valence-corrected chi connectivity index (χ3v) is 4.00. The van der Waals surface area contributed by atoms with Gasteiger partial charge in [0.25, 0.3) is 0 Å². The minimum Gasteiger partial charge on any atom is -0.494 e. The smallest absolute Gasteiger partial charge is 0.138 e. The van der Waals surface area contributed by atoms with Gasteiger partial charge in [-0.1, -0.05) is 12.1 Å². The zero-order valence-electron chi connectivity index (χ0n) is 13.1. The highest BCUT2D eigenvalue weighted by Gasteiger charge is 2.19. The molecule has 0 bridgehead atoms. The lowest BCUT2D eigenvalue weighted by Gasteiger charge is -2.23. The Morgan fingerprint density at radius 3 is 3.30 bits per heavy atom. The van der Waals surface area contributed by atoms with Crippen molar-refractivity contribution in [2.24, 2.45) is 0 Å². The van der Waals surface area contributed by atoms with Gasteiger partial charge in [0.05, 0.1) is 19.2 Å². The van der Waals surface area contributed by atoms with Gasteiger partial charge in [0.15, 0.2) is 0 Å². The van der Waals surface area contributed by atoms with Crippen LogP contribution in [0.3, 0.4) is 0 Å². The molecule has 1 unspecified atom stereocenters. The van der Waals surface area contributed by atoms with E-state index in [1.165, 1.54) is 5.56 Å². The first-order valence-electron chi connectivity index (χ1n) is 8.04. The van der Waals surface area contributed by atoms with Crippen LogP contribution in [0, 0.1) is 11.3 Å². The molecule has 0 spiro atoms. The summed E-state index contributed by atoms with van der Waals surface area (Å²) in [4.78, 5) is 4.25. The van der Waals surface area contributed by atoms with Gasteiger partial charge >= 0.3 is 0 Å². The van der Waals surface area contributed by atoms with Crippen LogP contribution in [-0.4, -0.2) is 27.4 Å². The highest BCUT2D eigenvalue weighted by atomic mass is 16.5. The average Bonchev–Trinajstić information content (AvgIpc) is 3.05. The van der Waals surface area contributed by atoms with Gasteiger partial charge in [-0.3, -0.25) is 0 Å². The molecule has 0 fully saturated rings. The largest absolute Gasteiger partial charge is 0.494 e. The van der Waals surface area contributed by atoms with Crippen molar-refractivity contribution in [1.82, 2.24) is 20.1 Å². The van der Waals surface area contributed by atoms with Crippen LogP contribution in [0.1, 0.15) is 30.7 Å². The number of benzene rings is 1. The summed E-state index contributed by atoms with van der Waals surface area (Å²) in [6.45, 7) is 2.27. The number of aromatic nitrogens is 3. The second kappa shape index (κ2) is 7.75. The molecule has 2 heterocycles. The van der Waals surface area contributed by atoms with Crippen molar-refractivity contribution in [2.45, 2.75) is 44.8 Å². The van der Waals surface area contributed by atoms with Crippen molar-refractivity contribution >= 4 is 0 Å². The molecule has 6 nitrogen and oxygen atoms in total. The Balaban J connectivity index is 1.48. The van der Waals surface area contributed by atoms with Crippen LogP contribution >= 0.6 is 0 Å². The van der Waals surface area contributed by atoms with Gasteiger partial charge in [0.1, 0.15) is 17.9 Å². The van der Waals surface area contributed by atoms with E-state index in [2.05, 4.69) is 33.6 Å². The molecule has 0 saturated heterocycles. The Bertz CT molecular complexity index is 676. The summed E-state index contributed by atoms with van der Waals surface area (Å²) in [5, 5.41) is 16.4. The van der Waals surface area contributed by atoms with Crippen molar-refractivity contribution in [1.29, 1.82) is 5.26 Å². The topological polar surface area (TPSA) is 75.8 Å². The molecule has 3 rings (SSSR count). The summed E-state index contributed by atoms with van der Waals surface area (Å²) < 4.78 is 7.66. The first-order valence-corrected chi connectivity index (χ1v) is 8.04. The van der Waals surface area contributed by atoms with Crippen LogP contribution < -0.4 is 10.1 Å². The predicted octanol–water partition coefficient (Wildman–Crippen LogP) is 2.07. The zero-order chi connectivity index (χ0) is 15.9. The van der Waals surface area contributed by atoms with Crippen molar-refractivity contribution in [3.8, 4) is 11.8 Å². The van der Waals surface area contributed by atoms with Gasteiger partial charge < -0.3 is 10.1 Å². The van der Waals surface area contributed by atoms with Crippen LogP contribution in [0.15, 0.2) is 30.6 Å². The summed E-state index contributed by atoms with van der Waals surface area (Å²) in [7, 11) is 0. The van der Waals surface area contributed by atoms with Gasteiger partial charge in [0, 0.05) is 25.4 Å². The number of nitrogens with zero attached hydrogens (tertiary/aromatic N) is 4. The minimum atomic E-state index is 0.421. The Morgan fingerprint density at radius 2 is 2.39 bits per heavy atom. The third-order valence-electron chi connectivity index (χ3n) is 4.00. The third kappa shape index (κ3) is 4.30. The summed E-state index contributed by atoms with van der Waals surface area (Å²) in [6.07, 6.45) is 4.99. The first-order chi connectivity index (χ1) is 11.3. The maximum absolute atomic E-state index is 8.52. The van der Waals surface area contributed by atoms with Gasteiger partial charge in [-0.15, -0.1) is 0 Å². The molecule has 0 saturated carbocycles. The van der Waals surface area contributed by atoms with E-state index in [1.807, 2.05) is 16.8 Å². The van der Waals surface area contributed by atoms with Crippen molar-refractivity contribution in [3.63, 3.8) is 0 Å². The molecule has 0 radical (unpaired) electrons. The number of unbranched alkanes of at least 4 members (excludes halogenated alkanes) is 1. The maximum atomic E-state index is 8.52. The molecule has 1 aromatic heterocycles. The molecular formula is C17H21N5O. The molecule has 1 aliphatic rings. The monoisotopic (exact) mass is 311 g/mol. The number of rotatable bonds is 7. The lowest BCUT2D eigenvalue weighted by atomic mass is 10.1. The number of ether oxygens (including phenoxy) is 1. The second-order valence-corrected chi connectivity index (χ2v) is 5.73. The highest BCUT2D eigenvalue weighted by molar-refractivity contribution is 5.28. The Hall–Kier alpha value is -2.39. The van der Waals surface area contributed by atoms with E-state index in [0.29, 0.717) is 19.1 Å². The van der Waals surface area contributed by atoms with Crippen LogP contribution in [0.2, 0.25) is 0 Å². The molecular weight excluding hydrogens is 290 g/mol. The SMILES string of the molecule is N#CCCCOc1cccc(CNC2CCc3ncnn3C2)c1. The van der Waals surface area contributed by atoms with Crippen molar-refractivity contribution < 1.29 is 4.74 Å². The van der Waals surface area contributed by atoms with E-state index in [-0.39, 0.29) is 0 Å². The number of aryl methyl sites for hydroxylation is 1. The van der Waals surface area contributed by atoms with Crippen molar-refractivity contribution in [3.05, 3.63) is 42.0 Å². The van der Waals surface area contributed by atoms with Gasteiger partial charge in [-0.25, -0.2) is 9.67 Å². The second-order valence-electron chi connectivity index (χ2n) is 5.73. The van der Waals surface area contributed by atoms with E-state index in [9.17, 15) is 0 Å². The molecule has 6 heteroatoms. The quantitative estimate of drug-likeness (QED) is 0.792. The fourth-order valence-electron chi connectivity index (χ4n) is 2.75. The highest BCUT2D eigenvalue weighted by Crippen LogP contribution is 2.15. The average molecular weight is 311 g/mol. The van der Waals surface area contributed by atoms with Crippen LogP contribution in [0.4, 0.5) is 0 Å². The van der Waals surface area contributed by atoms with Crippen molar-refractivity contribution in [2.75, 3.05) is 6.61 Å². The summed E-state index contributed by atoms with van der Waals surface area (Å²) in [5.74, 6) is 1.94. The molecule has 1 N–H and O–H groups in total. The zero-order valence-corrected chi connectivity index (χ0v) is 13.1. The van der Waals surface area contributed by atoms with E-state index >= 15 is 0 Å². The Morgan fingerprint density at radius 1 is 1.43 bits per heavy atom. The number of nitrogens with one attached hydrogen (secondary N) is 1. The Kier molecular flexibility index (Phi) is 5.22. The fraction of sp³-hybridized carbons (Fsp3) is 0.471. The lowest BCUT2D eigenvalue weighted by Crippen LogP contribution is -2.37. The fourth-order valence-corrected chi connectivity index (χ4v) is 2.75. The van der Waals surface area contributed by atoms with Crippen LogP contribution in [-0.2, 0) is 19.5 Å². The molecule has 120 valence electrons. The molecule has 0 aliphatic carbocycles. The summed E-state index contributed by atoms with van der Waals surface area (Å²) in [5.41, 5.74) is 1.20. The van der Waals surface area contributed by atoms with Gasteiger partial charge in [-0.05, 0) is 30.5 Å². The first kappa shape index (κ1) is 15.5. The molecule has 0 amide bonds. The molecule has 23 heavy (non-hydrogen) atoms. The Labute approximate surface area is 136 Å². The summed E-state index contributed by atoms with van der Waals surface area (Å²) >= 11 is 0. The normalized spacial score (nSPS) is 16.6.